The summed E-state index contributed by atoms with van der Waals surface area (Å²) >= 11 is 0. The van der Waals surface area contributed by atoms with Gasteiger partial charge in [0.25, 0.3) is 5.91 Å². The van der Waals surface area contributed by atoms with Crippen LogP contribution in [0, 0.1) is 0 Å². The monoisotopic (exact) mass is 316 g/mol. The number of amides is 2. The minimum atomic E-state index is -0.103. The lowest BCUT2D eigenvalue weighted by Gasteiger charge is -2.15. The molecule has 5 heteroatoms. The first-order valence-corrected chi connectivity index (χ1v) is 7.88. The number of rotatable bonds is 5. The number of carbonyl (C=O) groups is 2. The van der Waals surface area contributed by atoms with Gasteiger partial charge in [-0.15, -0.1) is 0 Å². The molecule has 1 aliphatic carbocycles. The zero-order chi connectivity index (χ0) is 16.8. The van der Waals surface area contributed by atoms with E-state index in [2.05, 4.69) is 11.4 Å². The maximum Gasteiger partial charge on any atom is 0.253 e. The predicted molar refractivity (Wildman–Crippen MR) is 90.8 cm³/mol. The number of anilines is 1. The van der Waals surface area contributed by atoms with E-state index in [4.69, 9.17) is 4.74 Å². The van der Waals surface area contributed by atoms with Gasteiger partial charge in [0.1, 0.15) is 5.75 Å². The Balaban J connectivity index is 2.08. The number of methoxy groups -OCH3 is 1. The number of hydrogen-bond acceptors (Lipinski definition) is 3. The van der Waals surface area contributed by atoms with Crippen LogP contribution in [0.5, 0.6) is 5.75 Å². The van der Waals surface area contributed by atoms with E-state index >= 15 is 0 Å². The van der Waals surface area contributed by atoms with Crippen LogP contribution in [0.15, 0.2) is 29.8 Å². The van der Waals surface area contributed by atoms with Crippen LogP contribution < -0.4 is 10.1 Å². The minimum absolute atomic E-state index is 0.0527. The van der Waals surface area contributed by atoms with Crippen LogP contribution in [0.1, 0.15) is 42.5 Å². The molecule has 0 aliphatic heterocycles. The number of hydrogen-bond donors (Lipinski definition) is 1. The van der Waals surface area contributed by atoms with Crippen LogP contribution in [0.3, 0.4) is 0 Å². The normalized spacial score (nSPS) is 14.0. The molecule has 0 unspecified atom stereocenters. The molecule has 0 atom stereocenters. The minimum Gasteiger partial charge on any atom is -0.495 e. The standard InChI is InChI=1S/C18H24N2O3/c1-20(2)18(22)14-9-10-15(16(12-14)23-3)19-17(21)11-13-7-5-4-6-8-13/h7,9-10,12H,4-6,8,11H2,1-3H3,(H,19,21). The van der Waals surface area contributed by atoms with Gasteiger partial charge < -0.3 is 15.0 Å². The molecule has 1 aromatic carbocycles. The summed E-state index contributed by atoms with van der Waals surface area (Å²) in [5.74, 6) is 0.334. The van der Waals surface area contributed by atoms with E-state index in [1.165, 1.54) is 24.0 Å². The number of nitrogens with one attached hydrogen (secondary N) is 1. The Morgan fingerprint density at radius 1 is 1.26 bits per heavy atom. The topological polar surface area (TPSA) is 58.6 Å². The van der Waals surface area contributed by atoms with Crippen molar-refractivity contribution in [2.75, 3.05) is 26.5 Å². The van der Waals surface area contributed by atoms with Gasteiger partial charge >= 0.3 is 0 Å². The van der Waals surface area contributed by atoms with Gasteiger partial charge in [-0.1, -0.05) is 11.6 Å². The van der Waals surface area contributed by atoms with E-state index in [9.17, 15) is 9.59 Å². The molecule has 2 rings (SSSR count). The molecule has 0 aromatic heterocycles. The molecule has 0 saturated heterocycles. The molecule has 1 aromatic rings. The first-order chi connectivity index (χ1) is 11.0. The summed E-state index contributed by atoms with van der Waals surface area (Å²) in [6.07, 6.45) is 7.01. The van der Waals surface area contributed by atoms with E-state index in [-0.39, 0.29) is 11.8 Å². The van der Waals surface area contributed by atoms with Gasteiger partial charge in [0, 0.05) is 26.1 Å². The summed E-state index contributed by atoms with van der Waals surface area (Å²) in [6.45, 7) is 0. The highest BCUT2D eigenvalue weighted by molar-refractivity contribution is 5.97. The van der Waals surface area contributed by atoms with Crippen molar-refractivity contribution >= 4 is 17.5 Å². The summed E-state index contributed by atoms with van der Waals surface area (Å²) in [4.78, 5) is 25.7. The largest absolute Gasteiger partial charge is 0.495 e. The van der Waals surface area contributed by atoms with Crippen molar-refractivity contribution in [2.45, 2.75) is 32.1 Å². The molecule has 0 fully saturated rings. The van der Waals surface area contributed by atoms with E-state index in [1.54, 1.807) is 32.3 Å². The highest BCUT2D eigenvalue weighted by Crippen LogP contribution is 2.27. The molecular formula is C18H24N2O3. The lowest BCUT2D eigenvalue weighted by atomic mass is 9.97. The second-order valence-corrected chi connectivity index (χ2v) is 5.95. The molecule has 0 spiro atoms. The second-order valence-electron chi connectivity index (χ2n) is 5.95. The second kappa shape index (κ2) is 7.81. The Morgan fingerprint density at radius 3 is 2.65 bits per heavy atom. The number of nitrogens with zero attached hydrogens (tertiary/aromatic N) is 1. The molecule has 124 valence electrons. The zero-order valence-corrected chi connectivity index (χ0v) is 14.0. The average Bonchev–Trinajstić information content (AvgIpc) is 2.55. The predicted octanol–water partition coefficient (Wildman–Crippen LogP) is 3.23. The Morgan fingerprint density at radius 2 is 2.04 bits per heavy atom. The van der Waals surface area contributed by atoms with Crippen molar-refractivity contribution < 1.29 is 14.3 Å². The van der Waals surface area contributed by atoms with Crippen LogP contribution in [-0.4, -0.2) is 37.9 Å². The third kappa shape index (κ3) is 4.58. The lowest BCUT2D eigenvalue weighted by molar-refractivity contribution is -0.115. The molecule has 0 radical (unpaired) electrons. The lowest BCUT2D eigenvalue weighted by Crippen LogP contribution is -2.21. The highest BCUT2D eigenvalue weighted by atomic mass is 16.5. The molecule has 2 amide bonds. The van der Waals surface area contributed by atoms with Crippen LogP contribution in [-0.2, 0) is 4.79 Å². The van der Waals surface area contributed by atoms with Gasteiger partial charge in [-0.05, 0) is 43.9 Å². The Labute approximate surface area is 137 Å². The molecule has 23 heavy (non-hydrogen) atoms. The van der Waals surface area contributed by atoms with E-state index < -0.39 is 0 Å². The molecule has 0 saturated carbocycles. The highest BCUT2D eigenvalue weighted by Gasteiger charge is 2.14. The summed E-state index contributed by atoms with van der Waals surface area (Å²) in [5, 5.41) is 2.87. The third-order valence-electron chi connectivity index (χ3n) is 3.90. The van der Waals surface area contributed by atoms with Crippen molar-refractivity contribution in [3.8, 4) is 5.75 Å². The smallest absolute Gasteiger partial charge is 0.253 e. The van der Waals surface area contributed by atoms with Gasteiger partial charge in [0.15, 0.2) is 0 Å². The van der Waals surface area contributed by atoms with Crippen LogP contribution >= 0.6 is 0 Å². The van der Waals surface area contributed by atoms with Gasteiger partial charge in [-0.25, -0.2) is 0 Å². The zero-order valence-electron chi connectivity index (χ0n) is 14.0. The third-order valence-corrected chi connectivity index (χ3v) is 3.90. The summed E-state index contributed by atoms with van der Waals surface area (Å²) < 4.78 is 5.31. The fraction of sp³-hybridized carbons (Fsp3) is 0.444. The molecule has 1 aliphatic rings. The maximum atomic E-state index is 12.2. The summed E-state index contributed by atoms with van der Waals surface area (Å²) in [5.41, 5.74) is 2.32. The van der Waals surface area contributed by atoms with Crippen molar-refractivity contribution in [1.29, 1.82) is 0 Å². The van der Waals surface area contributed by atoms with Crippen molar-refractivity contribution in [3.63, 3.8) is 0 Å². The van der Waals surface area contributed by atoms with Gasteiger partial charge in [-0.3, -0.25) is 9.59 Å². The fourth-order valence-corrected chi connectivity index (χ4v) is 2.65. The Bertz CT molecular complexity index is 621. The fourth-order valence-electron chi connectivity index (χ4n) is 2.65. The quantitative estimate of drug-likeness (QED) is 0.849. The van der Waals surface area contributed by atoms with Crippen LogP contribution in [0.4, 0.5) is 5.69 Å². The maximum absolute atomic E-state index is 12.2. The van der Waals surface area contributed by atoms with Gasteiger partial charge in [-0.2, -0.15) is 0 Å². The van der Waals surface area contributed by atoms with E-state index in [0.717, 1.165) is 19.3 Å². The van der Waals surface area contributed by atoms with E-state index in [1.807, 2.05) is 0 Å². The molecule has 0 heterocycles. The Hall–Kier alpha value is -2.30. The molecule has 0 bridgehead atoms. The number of allylic oxidation sites excluding steroid dienone is 1. The first kappa shape index (κ1) is 17.1. The number of ether oxygens (including phenoxy) is 1. The summed E-state index contributed by atoms with van der Waals surface area (Å²) in [7, 11) is 4.92. The SMILES string of the molecule is COc1cc(C(=O)N(C)C)ccc1NC(=O)CC1=CCCCC1. The van der Waals surface area contributed by atoms with Crippen molar-refractivity contribution in [1.82, 2.24) is 4.90 Å². The number of carbonyl (C=O) groups excluding carboxylic acids is 2. The van der Waals surface area contributed by atoms with Crippen molar-refractivity contribution in [3.05, 3.63) is 35.4 Å². The van der Waals surface area contributed by atoms with Crippen LogP contribution in [0.25, 0.3) is 0 Å². The molecular weight excluding hydrogens is 292 g/mol. The van der Waals surface area contributed by atoms with Gasteiger partial charge in [0.05, 0.1) is 12.8 Å². The van der Waals surface area contributed by atoms with Crippen LogP contribution in [0.2, 0.25) is 0 Å². The summed E-state index contributed by atoms with van der Waals surface area (Å²) in [6, 6.07) is 5.06. The van der Waals surface area contributed by atoms with Crippen molar-refractivity contribution in [2.24, 2.45) is 0 Å². The molecule has 5 nitrogen and oxygen atoms in total. The first-order valence-electron chi connectivity index (χ1n) is 7.88. The Kier molecular flexibility index (Phi) is 5.79. The van der Waals surface area contributed by atoms with E-state index in [0.29, 0.717) is 23.4 Å². The average molecular weight is 316 g/mol. The molecule has 1 N–H and O–H groups in total. The number of benzene rings is 1. The van der Waals surface area contributed by atoms with Gasteiger partial charge in [0.2, 0.25) is 5.91 Å².